The van der Waals surface area contributed by atoms with Crippen LogP contribution in [0.15, 0.2) is 47.2 Å². The number of hydrogen-bond acceptors (Lipinski definition) is 4. The highest BCUT2D eigenvalue weighted by molar-refractivity contribution is 9.10. The number of fused-ring (bicyclic) bond motifs is 1. The van der Waals surface area contributed by atoms with Crippen molar-refractivity contribution in [1.82, 2.24) is 4.98 Å². The van der Waals surface area contributed by atoms with Crippen LogP contribution >= 0.6 is 27.3 Å². The maximum absolute atomic E-state index is 12.2. The number of halogens is 1. The molecule has 3 rings (SSSR count). The number of pyridine rings is 1. The zero-order valence-corrected chi connectivity index (χ0v) is 12.7. The van der Waals surface area contributed by atoms with Crippen molar-refractivity contribution in [3.63, 3.8) is 0 Å². The van der Waals surface area contributed by atoms with Gasteiger partial charge in [0.1, 0.15) is 0 Å². The summed E-state index contributed by atoms with van der Waals surface area (Å²) in [6.45, 7) is 0. The zero-order valence-electron chi connectivity index (χ0n) is 10.3. The van der Waals surface area contributed by atoms with Crippen molar-refractivity contribution < 1.29 is 4.79 Å². The van der Waals surface area contributed by atoms with E-state index in [2.05, 4.69) is 26.2 Å². The number of nitrogens with one attached hydrogen (secondary N) is 1. The molecule has 20 heavy (non-hydrogen) atoms. The number of nitrogen functional groups attached to an aromatic ring is 1. The molecule has 0 unspecified atom stereocenters. The van der Waals surface area contributed by atoms with E-state index in [0.29, 0.717) is 16.3 Å². The van der Waals surface area contributed by atoms with Crippen LogP contribution in [0.4, 0.5) is 11.4 Å². The molecule has 0 aliphatic rings. The molecule has 100 valence electrons. The van der Waals surface area contributed by atoms with Crippen molar-refractivity contribution in [1.29, 1.82) is 0 Å². The topological polar surface area (TPSA) is 68.0 Å². The van der Waals surface area contributed by atoms with Crippen LogP contribution in [0, 0.1) is 0 Å². The lowest BCUT2D eigenvalue weighted by atomic mass is 10.2. The van der Waals surface area contributed by atoms with Crippen LogP contribution in [0.1, 0.15) is 9.67 Å². The Bertz CT molecular complexity index is 800. The van der Waals surface area contributed by atoms with Gasteiger partial charge in [0, 0.05) is 22.8 Å². The van der Waals surface area contributed by atoms with Crippen molar-refractivity contribution in [2.75, 3.05) is 11.1 Å². The summed E-state index contributed by atoms with van der Waals surface area (Å²) in [5.74, 6) is -0.142. The van der Waals surface area contributed by atoms with Gasteiger partial charge in [0.15, 0.2) is 0 Å². The highest BCUT2D eigenvalue weighted by atomic mass is 79.9. The monoisotopic (exact) mass is 347 g/mol. The fraction of sp³-hybridized carbons (Fsp3) is 0. The van der Waals surface area contributed by atoms with Gasteiger partial charge in [-0.1, -0.05) is 0 Å². The van der Waals surface area contributed by atoms with Gasteiger partial charge in [0.25, 0.3) is 5.91 Å². The molecule has 1 amide bonds. The first-order chi connectivity index (χ1) is 9.63. The van der Waals surface area contributed by atoms with Crippen LogP contribution in [0.5, 0.6) is 0 Å². The average molecular weight is 348 g/mol. The lowest BCUT2D eigenvalue weighted by Gasteiger charge is -2.04. The minimum Gasteiger partial charge on any atom is -0.399 e. The van der Waals surface area contributed by atoms with E-state index < -0.39 is 0 Å². The highest BCUT2D eigenvalue weighted by Crippen LogP contribution is 2.28. The molecule has 6 heteroatoms. The van der Waals surface area contributed by atoms with Crippen molar-refractivity contribution in [2.45, 2.75) is 0 Å². The van der Waals surface area contributed by atoms with Gasteiger partial charge in [-0.05, 0) is 51.6 Å². The van der Waals surface area contributed by atoms with Crippen LogP contribution in [0.25, 0.3) is 10.1 Å². The lowest BCUT2D eigenvalue weighted by Crippen LogP contribution is -2.10. The largest absolute Gasteiger partial charge is 0.399 e. The Morgan fingerprint density at radius 3 is 2.95 bits per heavy atom. The molecule has 0 spiro atoms. The van der Waals surface area contributed by atoms with E-state index in [0.717, 1.165) is 14.6 Å². The molecule has 3 N–H and O–H groups in total. The lowest BCUT2D eigenvalue weighted by molar-refractivity contribution is 0.103. The van der Waals surface area contributed by atoms with Crippen molar-refractivity contribution in [3.8, 4) is 0 Å². The zero-order chi connectivity index (χ0) is 14.1. The van der Waals surface area contributed by atoms with Gasteiger partial charge in [-0.25, -0.2) is 0 Å². The maximum atomic E-state index is 12.2. The molecule has 0 radical (unpaired) electrons. The molecular weight excluding hydrogens is 338 g/mol. The van der Waals surface area contributed by atoms with Crippen LogP contribution in [-0.2, 0) is 0 Å². The number of carbonyl (C=O) groups is 1. The number of amides is 1. The smallest absolute Gasteiger partial charge is 0.265 e. The van der Waals surface area contributed by atoms with E-state index in [1.165, 1.54) is 11.3 Å². The predicted molar refractivity (Wildman–Crippen MR) is 86.1 cm³/mol. The number of carbonyl (C=O) groups excluding carboxylic acids is 1. The number of benzene rings is 1. The van der Waals surface area contributed by atoms with Crippen LogP contribution in [0.3, 0.4) is 0 Å². The van der Waals surface area contributed by atoms with Crippen LogP contribution in [-0.4, -0.2) is 10.9 Å². The molecule has 0 saturated heterocycles. The minimum absolute atomic E-state index is 0.142. The Morgan fingerprint density at radius 2 is 2.15 bits per heavy atom. The summed E-state index contributed by atoms with van der Waals surface area (Å²) in [4.78, 5) is 16.9. The molecule has 4 nitrogen and oxygen atoms in total. The number of aromatic nitrogens is 1. The molecule has 0 bridgehead atoms. The molecule has 0 saturated carbocycles. The van der Waals surface area contributed by atoms with Crippen LogP contribution < -0.4 is 11.1 Å². The Morgan fingerprint density at radius 1 is 1.30 bits per heavy atom. The second-order valence-electron chi connectivity index (χ2n) is 4.22. The Hall–Kier alpha value is -1.92. The molecule has 1 aromatic carbocycles. The van der Waals surface area contributed by atoms with Gasteiger partial charge in [-0.2, -0.15) is 0 Å². The van der Waals surface area contributed by atoms with Gasteiger partial charge in [0.2, 0.25) is 0 Å². The maximum Gasteiger partial charge on any atom is 0.265 e. The number of hydrogen-bond donors (Lipinski definition) is 2. The third-order valence-corrected chi connectivity index (χ3v) is 4.53. The van der Waals surface area contributed by atoms with Gasteiger partial charge in [-0.15, -0.1) is 11.3 Å². The summed E-state index contributed by atoms with van der Waals surface area (Å²) in [6, 6.07) is 9.22. The molecule has 2 aromatic heterocycles. The number of nitrogens with two attached hydrogens (primary N) is 1. The van der Waals surface area contributed by atoms with Gasteiger partial charge >= 0.3 is 0 Å². The van der Waals surface area contributed by atoms with E-state index in [1.807, 2.05) is 24.3 Å². The van der Waals surface area contributed by atoms with E-state index in [-0.39, 0.29) is 5.91 Å². The molecule has 0 aliphatic heterocycles. The summed E-state index contributed by atoms with van der Waals surface area (Å²) in [5, 5.41) is 3.84. The molecule has 0 aliphatic carbocycles. The second-order valence-corrected chi connectivity index (χ2v) is 6.16. The van der Waals surface area contributed by atoms with Crippen LogP contribution in [0.2, 0.25) is 0 Å². The third-order valence-electron chi connectivity index (χ3n) is 2.78. The minimum atomic E-state index is -0.142. The number of rotatable bonds is 2. The molecule has 3 aromatic rings. The fourth-order valence-electron chi connectivity index (χ4n) is 1.83. The first kappa shape index (κ1) is 13.1. The van der Waals surface area contributed by atoms with E-state index >= 15 is 0 Å². The normalized spacial score (nSPS) is 10.7. The van der Waals surface area contributed by atoms with Gasteiger partial charge in [0.05, 0.1) is 15.0 Å². The molecule has 0 fully saturated rings. The van der Waals surface area contributed by atoms with E-state index in [4.69, 9.17) is 5.73 Å². The Kier molecular flexibility index (Phi) is 3.42. The predicted octanol–water partition coefficient (Wildman–Crippen LogP) is 3.89. The summed E-state index contributed by atoms with van der Waals surface area (Å²) in [6.07, 6.45) is 3.27. The van der Waals surface area contributed by atoms with E-state index in [1.54, 1.807) is 18.5 Å². The summed E-state index contributed by atoms with van der Waals surface area (Å²) in [7, 11) is 0. The fourth-order valence-corrected chi connectivity index (χ4v) is 3.12. The number of anilines is 2. The Balaban J connectivity index is 1.91. The summed E-state index contributed by atoms with van der Waals surface area (Å²) >= 11 is 4.79. The SMILES string of the molecule is Nc1ccc2sc(C(=O)Nc3ccncc3Br)cc2c1. The Labute approximate surface area is 127 Å². The summed E-state index contributed by atoms with van der Waals surface area (Å²) in [5.41, 5.74) is 7.13. The second kappa shape index (κ2) is 5.22. The first-order valence-electron chi connectivity index (χ1n) is 5.83. The first-order valence-corrected chi connectivity index (χ1v) is 7.44. The quantitative estimate of drug-likeness (QED) is 0.691. The molecule has 2 heterocycles. The van der Waals surface area contributed by atoms with E-state index in [9.17, 15) is 4.79 Å². The average Bonchev–Trinajstić information content (AvgIpc) is 2.84. The van der Waals surface area contributed by atoms with Gasteiger partial charge in [-0.3, -0.25) is 9.78 Å². The summed E-state index contributed by atoms with van der Waals surface area (Å²) < 4.78 is 1.79. The molecular formula is C14H10BrN3OS. The standard InChI is InChI=1S/C14H10BrN3OS/c15-10-7-17-4-3-11(10)18-14(19)13-6-8-5-9(16)1-2-12(8)20-13/h1-7H,16H2,(H,17,18,19). The van der Waals surface area contributed by atoms with Crippen molar-refractivity contribution in [3.05, 3.63) is 52.1 Å². The van der Waals surface area contributed by atoms with Gasteiger partial charge < -0.3 is 11.1 Å². The number of nitrogens with zero attached hydrogens (tertiary/aromatic N) is 1. The third kappa shape index (κ3) is 2.52. The number of thiophene rings is 1. The molecule has 0 atom stereocenters. The van der Waals surface area contributed by atoms with Crippen molar-refractivity contribution in [2.24, 2.45) is 0 Å². The van der Waals surface area contributed by atoms with Crippen molar-refractivity contribution >= 4 is 54.6 Å². The highest BCUT2D eigenvalue weighted by Gasteiger charge is 2.12.